The first kappa shape index (κ1) is 7.42. The summed E-state index contributed by atoms with van der Waals surface area (Å²) >= 11 is 1.88. The molecular weight excluding hydrogens is 132 g/mol. The summed E-state index contributed by atoms with van der Waals surface area (Å²) in [7, 11) is 0. The van der Waals surface area contributed by atoms with Crippen LogP contribution in [0.3, 0.4) is 0 Å². The predicted molar refractivity (Wildman–Crippen MR) is 41.8 cm³/mol. The summed E-state index contributed by atoms with van der Waals surface area (Å²) in [6.07, 6.45) is 1.89. The van der Waals surface area contributed by atoms with Gasteiger partial charge in [0.15, 0.2) is 0 Å². The minimum atomic E-state index is -0.343. The van der Waals surface area contributed by atoms with E-state index in [9.17, 15) is 5.11 Å². The van der Waals surface area contributed by atoms with Crippen LogP contribution < -0.4 is 0 Å². The van der Waals surface area contributed by atoms with Crippen LogP contribution in [0.1, 0.15) is 26.7 Å². The van der Waals surface area contributed by atoms with Crippen LogP contribution in [0.4, 0.5) is 0 Å². The van der Waals surface area contributed by atoms with E-state index in [4.69, 9.17) is 0 Å². The zero-order valence-corrected chi connectivity index (χ0v) is 6.87. The molecule has 0 radical (unpaired) electrons. The quantitative estimate of drug-likeness (QED) is 0.607. The van der Waals surface area contributed by atoms with Crippen LogP contribution in [0.15, 0.2) is 0 Å². The molecule has 1 aliphatic heterocycles. The van der Waals surface area contributed by atoms with Gasteiger partial charge in [-0.1, -0.05) is 13.8 Å². The smallest absolute Gasteiger partial charge is 0.0768 e. The Balaban J connectivity index is 2.56. The molecule has 54 valence electrons. The average Bonchev–Trinajstić information content (AvgIpc) is 2.15. The highest BCUT2D eigenvalue weighted by atomic mass is 32.2. The molecule has 0 bridgehead atoms. The molecule has 1 saturated heterocycles. The lowest BCUT2D eigenvalue weighted by Gasteiger charge is -2.24. The van der Waals surface area contributed by atoms with E-state index < -0.39 is 0 Å². The van der Waals surface area contributed by atoms with Crippen LogP contribution >= 0.6 is 11.8 Å². The highest BCUT2D eigenvalue weighted by Gasteiger charge is 2.36. The first-order chi connectivity index (χ1) is 4.19. The summed E-state index contributed by atoms with van der Waals surface area (Å²) < 4.78 is 0. The average molecular weight is 146 g/mol. The molecule has 0 aromatic carbocycles. The fourth-order valence-electron chi connectivity index (χ4n) is 1.24. The maximum absolute atomic E-state index is 9.75. The Hall–Kier alpha value is 0.310. The van der Waals surface area contributed by atoms with Gasteiger partial charge >= 0.3 is 0 Å². The topological polar surface area (TPSA) is 20.2 Å². The van der Waals surface area contributed by atoms with Gasteiger partial charge in [0.1, 0.15) is 0 Å². The van der Waals surface area contributed by atoms with Crippen molar-refractivity contribution in [3.8, 4) is 0 Å². The molecule has 0 aromatic rings. The lowest BCUT2D eigenvalue weighted by Crippen LogP contribution is -2.33. The molecule has 2 atom stereocenters. The third-order valence-corrected chi connectivity index (χ3v) is 3.65. The van der Waals surface area contributed by atoms with Gasteiger partial charge in [-0.2, -0.15) is 11.8 Å². The second-order valence-corrected chi connectivity index (χ2v) is 4.17. The summed E-state index contributed by atoms with van der Waals surface area (Å²) in [5.74, 6) is 1.13. The van der Waals surface area contributed by atoms with Gasteiger partial charge in [0.2, 0.25) is 0 Å². The van der Waals surface area contributed by atoms with Crippen molar-refractivity contribution in [2.75, 3.05) is 5.75 Å². The van der Waals surface area contributed by atoms with Crippen molar-refractivity contribution in [2.24, 2.45) is 0 Å². The van der Waals surface area contributed by atoms with Gasteiger partial charge in [0, 0.05) is 5.25 Å². The van der Waals surface area contributed by atoms with Crippen molar-refractivity contribution in [1.29, 1.82) is 0 Å². The Morgan fingerprint density at radius 1 is 1.78 bits per heavy atom. The van der Waals surface area contributed by atoms with Crippen molar-refractivity contribution in [1.82, 2.24) is 0 Å². The van der Waals surface area contributed by atoms with E-state index >= 15 is 0 Å². The van der Waals surface area contributed by atoms with Crippen LogP contribution in [-0.4, -0.2) is 21.7 Å². The Morgan fingerprint density at radius 3 is 2.67 bits per heavy atom. The van der Waals surface area contributed by atoms with Gasteiger partial charge in [-0.3, -0.25) is 0 Å². The van der Waals surface area contributed by atoms with Gasteiger partial charge in [-0.25, -0.2) is 0 Å². The Labute approximate surface area is 60.8 Å². The number of hydrogen-bond acceptors (Lipinski definition) is 2. The standard InChI is InChI=1S/C7H14OS/c1-3-7(8)4-5-9-6(7)2/h6,8H,3-5H2,1-2H3. The number of hydrogen-bond donors (Lipinski definition) is 1. The first-order valence-electron chi connectivity index (χ1n) is 3.53. The van der Waals surface area contributed by atoms with E-state index in [0.717, 1.165) is 18.6 Å². The molecule has 2 unspecified atom stereocenters. The van der Waals surface area contributed by atoms with Gasteiger partial charge in [-0.05, 0) is 18.6 Å². The molecule has 1 nitrogen and oxygen atoms in total. The molecule has 0 aromatic heterocycles. The number of thioether (sulfide) groups is 1. The minimum Gasteiger partial charge on any atom is -0.389 e. The van der Waals surface area contributed by atoms with Gasteiger partial charge in [-0.15, -0.1) is 0 Å². The summed E-state index contributed by atoms with van der Waals surface area (Å²) in [5.41, 5.74) is -0.343. The molecule has 0 saturated carbocycles. The highest BCUT2D eigenvalue weighted by molar-refractivity contribution is 8.00. The molecule has 0 amide bonds. The van der Waals surface area contributed by atoms with E-state index in [-0.39, 0.29) is 5.60 Å². The van der Waals surface area contributed by atoms with Gasteiger partial charge in [0.25, 0.3) is 0 Å². The van der Waals surface area contributed by atoms with Crippen molar-refractivity contribution in [2.45, 2.75) is 37.5 Å². The predicted octanol–water partition coefficient (Wildman–Crippen LogP) is 1.65. The molecule has 1 N–H and O–H groups in total. The fraction of sp³-hybridized carbons (Fsp3) is 1.00. The summed E-state index contributed by atoms with van der Waals surface area (Å²) in [6.45, 7) is 4.17. The van der Waals surface area contributed by atoms with E-state index in [1.165, 1.54) is 0 Å². The molecule has 0 spiro atoms. The molecule has 1 rings (SSSR count). The van der Waals surface area contributed by atoms with Gasteiger partial charge < -0.3 is 5.11 Å². The second-order valence-electron chi connectivity index (χ2n) is 2.72. The van der Waals surface area contributed by atoms with E-state index in [1.54, 1.807) is 0 Å². The molecule has 0 aliphatic carbocycles. The summed E-state index contributed by atoms with van der Waals surface area (Å²) in [6, 6.07) is 0. The largest absolute Gasteiger partial charge is 0.389 e. The van der Waals surface area contributed by atoms with Crippen LogP contribution in [0.5, 0.6) is 0 Å². The van der Waals surface area contributed by atoms with Crippen molar-refractivity contribution < 1.29 is 5.11 Å². The Kier molecular flexibility index (Phi) is 2.07. The third kappa shape index (κ3) is 1.24. The molecule has 1 heterocycles. The van der Waals surface area contributed by atoms with Crippen LogP contribution in [0, 0.1) is 0 Å². The van der Waals surface area contributed by atoms with Crippen LogP contribution in [0.2, 0.25) is 0 Å². The zero-order chi connectivity index (χ0) is 6.91. The summed E-state index contributed by atoms with van der Waals surface area (Å²) in [4.78, 5) is 0. The molecule has 1 fully saturated rings. The number of rotatable bonds is 1. The first-order valence-corrected chi connectivity index (χ1v) is 4.58. The normalized spacial score (nSPS) is 43.7. The Bertz CT molecular complexity index is 105. The molecule has 9 heavy (non-hydrogen) atoms. The Morgan fingerprint density at radius 2 is 2.44 bits per heavy atom. The monoisotopic (exact) mass is 146 g/mol. The van der Waals surface area contributed by atoms with Crippen LogP contribution in [-0.2, 0) is 0 Å². The second kappa shape index (κ2) is 2.51. The maximum atomic E-state index is 9.75. The zero-order valence-electron chi connectivity index (χ0n) is 6.05. The fourth-order valence-corrected chi connectivity index (χ4v) is 2.65. The van der Waals surface area contributed by atoms with Crippen molar-refractivity contribution in [3.05, 3.63) is 0 Å². The lowest BCUT2D eigenvalue weighted by molar-refractivity contribution is 0.0422. The van der Waals surface area contributed by atoms with E-state index in [1.807, 2.05) is 11.8 Å². The molecular formula is C7H14OS. The summed E-state index contributed by atoms with van der Waals surface area (Å²) in [5, 5.41) is 10.2. The maximum Gasteiger partial charge on any atom is 0.0768 e. The van der Waals surface area contributed by atoms with Crippen molar-refractivity contribution >= 4 is 11.8 Å². The number of aliphatic hydroxyl groups is 1. The van der Waals surface area contributed by atoms with E-state index in [2.05, 4.69) is 13.8 Å². The molecule has 2 heteroatoms. The minimum absolute atomic E-state index is 0.343. The third-order valence-electron chi connectivity index (χ3n) is 2.27. The highest BCUT2D eigenvalue weighted by Crippen LogP contribution is 2.37. The van der Waals surface area contributed by atoms with Gasteiger partial charge in [0.05, 0.1) is 5.60 Å². The molecule has 1 aliphatic rings. The lowest BCUT2D eigenvalue weighted by atomic mass is 9.95. The van der Waals surface area contributed by atoms with Crippen LogP contribution in [0.25, 0.3) is 0 Å². The van der Waals surface area contributed by atoms with Crippen molar-refractivity contribution in [3.63, 3.8) is 0 Å². The SMILES string of the molecule is CCC1(O)CCSC1C. The van der Waals surface area contributed by atoms with E-state index in [0.29, 0.717) is 5.25 Å².